The third-order valence-corrected chi connectivity index (χ3v) is 5.34. The van der Waals surface area contributed by atoms with Gasteiger partial charge >= 0.3 is 0 Å². The molecule has 0 atom stereocenters. The van der Waals surface area contributed by atoms with E-state index in [2.05, 4.69) is 38.3 Å². The number of piperazine rings is 1. The van der Waals surface area contributed by atoms with Gasteiger partial charge in [0.15, 0.2) is 5.82 Å². The average Bonchev–Trinajstić information content (AvgIpc) is 3.43. The SMILES string of the molecule is O=C(c1ccc2[nH]ccc2c1)N1CCN(c2cc(-c3ccccc3)[nH]n2)CC1. The van der Waals surface area contributed by atoms with E-state index in [0.717, 1.165) is 46.6 Å². The highest BCUT2D eigenvalue weighted by Gasteiger charge is 2.23. The Morgan fingerprint density at radius 1 is 0.929 bits per heavy atom. The molecule has 4 aromatic rings. The number of carbonyl (C=O) groups excluding carboxylic acids is 1. The lowest BCUT2D eigenvalue weighted by Crippen LogP contribution is -2.48. The van der Waals surface area contributed by atoms with Crippen LogP contribution in [-0.4, -0.2) is 52.2 Å². The third kappa shape index (κ3) is 3.03. The highest BCUT2D eigenvalue weighted by molar-refractivity contribution is 5.98. The molecular formula is C22H21N5O. The molecule has 1 aliphatic rings. The Balaban J connectivity index is 1.26. The van der Waals surface area contributed by atoms with Crippen LogP contribution in [0.4, 0.5) is 5.82 Å². The zero-order valence-electron chi connectivity index (χ0n) is 15.4. The van der Waals surface area contributed by atoms with E-state index < -0.39 is 0 Å². The van der Waals surface area contributed by atoms with Gasteiger partial charge in [-0.25, -0.2) is 0 Å². The number of amides is 1. The maximum atomic E-state index is 12.9. The van der Waals surface area contributed by atoms with Crippen LogP contribution in [0.2, 0.25) is 0 Å². The van der Waals surface area contributed by atoms with Crippen molar-refractivity contribution in [3.63, 3.8) is 0 Å². The summed E-state index contributed by atoms with van der Waals surface area (Å²) in [6.07, 6.45) is 1.89. The molecule has 2 aromatic carbocycles. The van der Waals surface area contributed by atoms with Crippen LogP contribution in [0, 0.1) is 0 Å². The van der Waals surface area contributed by atoms with Gasteiger partial charge in [-0.3, -0.25) is 9.89 Å². The second kappa shape index (κ2) is 6.88. The van der Waals surface area contributed by atoms with Crippen molar-refractivity contribution in [2.75, 3.05) is 31.1 Å². The minimum absolute atomic E-state index is 0.0924. The summed E-state index contributed by atoms with van der Waals surface area (Å²) in [5, 5.41) is 8.65. The smallest absolute Gasteiger partial charge is 0.253 e. The maximum absolute atomic E-state index is 12.9. The molecule has 28 heavy (non-hydrogen) atoms. The zero-order chi connectivity index (χ0) is 18.9. The van der Waals surface area contributed by atoms with Gasteiger partial charge in [0.05, 0.1) is 5.69 Å². The van der Waals surface area contributed by atoms with Gasteiger partial charge < -0.3 is 14.8 Å². The predicted molar refractivity (Wildman–Crippen MR) is 110 cm³/mol. The van der Waals surface area contributed by atoms with Crippen molar-refractivity contribution in [3.05, 3.63) is 72.4 Å². The summed E-state index contributed by atoms with van der Waals surface area (Å²) in [6, 6.07) is 20.1. The number of carbonyl (C=O) groups is 1. The average molecular weight is 371 g/mol. The predicted octanol–water partition coefficient (Wildman–Crippen LogP) is 3.52. The fourth-order valence-corrected chi connectivity index (χ4v) is 3.75. The number of nitrogens with one attached hydrogen (secondary N) is 2. The molecule has 1 amide bonds. The summed E-state index contributed by atoms with van der Waals surface area (Å²) in [6.45, 7) is 2.93. The van der Waals surface area contributed by atoms with Crippen LogP contribution in [-0.2, 0) is 0 Å². The van der Waals surface area contributed by atoms with Gasteiger partial charge in [0.25, 0.3) is 5.91 Å². The number of anilines is 1. The second-order valence-electron chi connectivity index (χ2n) is 7.06. The minimum Gasteiger partial charge on any atom is -0.361 e. The number of hydrogen-bond donors (Lipinski definition) is 2. The van der Waals surface area contributed by atoms with Crippen LogP contribution < -0.4 is 4.90 Å². The Labute approximate surface area is 162 Å². The third-order valence-electron chi connectivity index (χ3n) is 5.34. The summed E-state index contributed by atoms with van der Waals surface area (Å²) < 4.78 is 0. The fourth-order valence-electron chi connectivity index (χ4n) is 3.75. The van der Waals surface area contributed by atoms with E-state index in [9.17, 15) is 4.79 Å². The maximum Gasteiger partial charge on any atom is 0.253 e. The van der Waals surface area contributed by atoms with E-state index in [-0.39, 0.29) is 5.91 Å². The summed E-state index contributed by atoms with van der Waals surface area (Å²) in [4.78, 5) is 20.2. The molecule has 0 aliphatic carbocycles. The van der Waals surface area contributed by atoms with Gasteiger partial charge in [-0.05, 0) is 29.8 Å². The molecule has 0 spiro atoms. The Hall–Kier alpha value is -3.54. The molecule has 0 bridgehead atoms. The number of rotatable bonds is 3. The summed E-state index contributed by atoms with van der Waals surface area (Å²) in [5.41, 5.74) is 3.92. The molecule has 6 nitrogen and oxygen atoms in total. The second-order valence-corrected chi connectivity index (χ2v) is 7.06. The Kier molecular flexibility index (Phi) is 4.09. The van der Waals surface area contributed by atoms with Crippen LogP contribution in [0.25, 0.3) is 22.2 Å². The number of hydrogen-bond acceptors (Lipinski definition) is 3. The molecule has 2 N–H and O–H groups in total. The minimum atomic E-state index is 0.0924. The van der Waals surface area contributed by atoms with Gasteiger partial charge in [-0.2, -0.15) is 5.10 Å². The quantitative estimate of drug-likeness (QED) is 0.579. The Bertz CT molecular complexity index is 1110. The standard InChI is InChI=1S/C22H21N5O/c28-22(18-6-7-19-17(14-18)8-9-23-19)27-12-10-26(11-13-27)21-15-20(24-25-21)16-4-2-1-3-5-16/h1-9,14-15,23H,10-13H2,(H,24,25). The molecule has 6 heteroatoms. The first-order valence-corrected chi connectivity index (χ1v) is 9.50. The Morgan fingerprint density at radius 3 is 2.57 bits per heavy atom. The monoisotopic (exact) mass is 371 g/mol. The number of aromatic amines is 2. The molecular weight excluding hydrogens is 350 g/mol. The van der Waals surface area contributed by atoms with Crippen molar-refractivity contribution in [2.24, 2.45) is 0 Å². The molecule has 3 heterocycles. The van der Waals surface area contributed by atoms with E-state index in [1.165, 1.54) is 0 Å². The lowest BCUT2D eigenvalue weighted by Gasteiger charge is -2.34. The molecule has 1 aliphatic heterocycles. The summed E-state index contributed by atoms with van der Waals surface area (Å²) in [7, 11) is 0. The van der Waals surface area contributed by atoms with Gasteiger partial charge in [0.2, 0.25) is 0 Å². The first-order valence-electron chi connectivity index (χ1n) is 9.50. The van der Waals surface area contributed by atoms with E-state index in [0.29, 0.717) is 13.1 Å². The highest BCUT2D eigenvalue weighted by Crippen LogP contribution is 2.23. The number of nitrogens with zero attached hydrogens (tertiary/aromatic N) is 3. The molecule has 2 aromatic heterocycles. The summed E-state index contributed by atoms with van der Waals surface area (Å²) >= 11 is 0. The number of aromatic nitrogens is 3. The number of benzene rings is 2. The van der Waals surface area contributed by atoms with Crippen LogP contribution in [0.3, 0.4) is 0 Å². The first-order chi connectivity index (χ1) is 13.8. The first kappa shape index (κ1) is 16.6. The van der Waals surface area contributed by atoms with Crippen molar-refractivity contribution in [3.8, 4) is 11.3 Å². The van der Waals surface area contributed by atoms with Gasteiger partial charge in [-0.15, -0.1) is 0 Å². The summed E-state index contributed by atoms with van der Waals surface area (Å²) in [5.74, 6) is 1.02. The fraction of sp³-hybridized carbons (Fsp3) is 0.182. The van der Waals surface area contributed by atoms with Crippen molar-refractivity contribution >= 4 is 22.6 Å². The van der Waals surface area contributed by atoms with Crippen molar-refractivity contribution in [1.29, 1.82) is 0 Å². The lowest BCUT2D eigenvalue weighted by atomic mass is 10.1. The molecule has 0 unspecified atom stereocenters. The van der Waals surface area contributed by atoms with E-state index in [4.69, 9.17) is 0 Å². The number of H-pyrrole nitrogens is 2. The van der Waals surface area contributed by atoms with Crippen molar-refractivity contribution in [2.45, 2.75) is 0 Å². The van der Waals surface area contributed by atoms with Crippen LogP contribution in [0.5, 0.6) is 0 Å². The molecule has 1 fully saturated rings. The van der Waals surface area contributed by atoms with Crippen molar-refractivity contribution < 1.29 is 4.79 Å². The van der Waals surface area contributed by atoms with E-state index in [1.807, 2.05) is 53.6 Å². The van der Waals surface area contributed by atoms with Gasteiger partial charge in [0, 0.05) is 54.9 Å². The van der Waals surface area contributed by atoms with E-state index in [1.54, 1.807) is 0 Å². The molecule has 0 saturated carbocycles. The van der Waals surface area contributed by atoms with Crippen LogP contribution in [0.15, 0.2) is 66.9 Å². The molecule has 140 valence electrons. The van der Waals surface area contributed by atoms with Crippen LogP contribution >= 0.6 is 0 Å². The normalized spacial score (nSPS) is 14.6. The molecule has 1 saturated heterocycles. The Morgan fingerprint density at radius 2 is 1.75 bits per heavy atom. The molecule has 0 radical (unpaired) electrons. The lowest BCUT2D eigenvalue weighted by molar-refractivity contribution is 0.0746. The van der Waals surface area contributed by atoms with Crippen LogP contribution in [0.1, 0.15) is 10.4 Å². The van der Waals surface area contributed by atoms with Crippen molar-refractivity contribution in [1.82, 2.24) is 20.1 Å². The van der Waals surface area contributed by atoms with E-state index >= 15 is 0 Å². The largest absolute Gasteiger partial charge is 0.361 e. The van der Waals surface area contributed by atoms with Gasteiger partial charge in [0.1, 0.15) is 0 Å². The number of fused-ring (bicyclic) bond motifs is 1. The molecule has 5 rings (SSSR count). The topological polar surface area (TPSA) is 68.0 Å². The zero-order valence-corrected chi connectivity index (χ0v) is 15.4. The van der Waals surface area contributed by atoms with Gasteiger partial charge in [-0.1, -0.05) is 30.3 Å². The highest BCUT2D eigenvalue weighted by atomic mass is 16.2.